The first-order chi connectivity index (χ1) is 10.8. The Morgan fingerprint density at radius 2 is 2.04 bits per heavy atom. The summed E-state index contributed by atoms with van der Waals surface area (Å²) >= 11 is 0. The maximum Gasteiger partial charge on any atom is 0.415 e. The van der Waals surface area contributed by atoms with Gasteiger partial charge < -0.3 is 15.5 Å². The molecule has 0 unspecified atom stereocenters. The largest absolute Gasteiger partial charge is 0.467 e. The van der Waals surface area contributed by atoms with E-state index in [0.29, 0.717) is 25.9 Å². The number of carbonyl (C=O) groups excluding carboxylic acids is 2. The lowest BCUT2D eigenvalue weighted by molar-refractivity contribution is -0.168. The number of nitrogens with one attached hydrogen (secondary N) is 1. The third-order valence-electron chi connectivity index (χ3n) is 3.78. The van der Waals surface area contributed by atoms with E-state index >= 15 is 0 Å². The second-order valence-electron chi connectivity index (χ2n) is 5.52. The molecular formula is C14H18F3N3O3. The van der Waals surface area contributed by atoms with Crippen molar-refractivity contribution in [2.24, 2.45) is 11.7 Å². The van der Waals surface area contributed by atoms with Crippen LogP contribution in [0.5, 0.6) is 0 Å². The molecule has 9 heteroatoms. The highest BCUT2D eigenvalue weighted by Crippen LogP contribution is 2.33. The molecule has 23 heavy (non-hydrogen) atoms. The molecule has 0 bridgehead atoms. The van der Waals surface area contributed by atoms with Crippen molar-refractivity contribution in [2.75, 3.05) is 19.6 Å². The number of primary amides is 1. The molecule has 128 valence electrons. The Kier molecular flexibility index (Phi) is 5.30. The fraction of sp³-hybridized carbons (Fsp3) is 0.571. The highest BCUT2D eigenvalue weighted by molar-refractivity contribution is 5.79. The Morgan fingerprint density at radius 1 is 1.39 bits per heavy atom. The summed E-state index contributed by atoms with van der Waals surface area (Å²) in [7, 11) is 0. The van der Waals surface area contributed by atoms with Crippen LogP contribution in [0.15, 0.2) is 22.8 Å². The van der Waals surface area contributed by atoms with Gasteiger partial charge in [-0.3, -0.25) is 14.5 Å². The number of alkyl halides is 3. The number of furan rings is 1. The smallest absolute Gasteiger partial charge is 0.415 e. The van der Waals surface area contributed by atoms with Crippen LogP contribution in [-0.2, 0) is 9.59 Å². The van der Waals surface area contributed by atoms with Crippen LogP contribution >= 0.6 is 0 Å². The van der Waals surface area contributed by atoms with Gasteiger partial charge in [-0.2, -0.15) is 13.2 Å². The zero-order valence-electron chi connectivity index (χ0n) is 12.3. The minimum atomic E-state index is -4.64. The maximum absolute atomic E-state index is 13.1. The van der Waals surface area contributed by atoms with Crippen molar-refractivity contribution in [1.29, 1.82) is 0 Å². The van der Waals surface area contributed by atoms with Gasteiger partial charge in [0.05, 0.1) is 12.8 Å². The third-order valence-corrected chi connectivity index (χ3v) is 3.78. The van der Waals surface area contributed by atoms with Crippen LogP contribution in [0.1, 0.15) is 24.6 Å². The van der Waals surface area contributed by atoms with Crippen LogP contribution in [0.2, 0.25) is 0 Å². The average Bonchev–Trinajstić information content (AvgIpc) is 2.97. The zero-order valence-corrected chi connectivity index (χ0v) is 12.3. The van der Waals surface area contributed by atoms with Gasteiger partial charge in [0.25, 0.3) is 0 Å². The number of amides is 2. The van der Waals surface area contributed by atoms with E-state index in [0.717, 1.165) is 6.26 Å². The lowest BCUT2D eigenvalue weighted by Crippen LogP contribution is -2.46. The number of likely N-dealkylation sites (tertiary alicyclic amines) is 1. The van der Waals surface area contributed by atoms with Crippen molar-refractivity contribution in [3.05, 3.63) is 24.2 Å². The van der Waals surface area contributed by atoms with E-state index in [9.17, 15) is 22.8 Å². The first-order valence-electron chi connectivity index (χ1n) is 7.18. The Morgan fingerprint density at radius 3 is 2.52 bits per heavy atom. The lowest BCUT2D eigenvalue weighted by Gasteiger charge is -2.31. The number of piperidine rings is 1. The molecule has 0 aromatic carbocycles. The molecule has 6 nitrogen and oxygen atoms in total. The topological polar surface area (TPSA) is 88.6 Å². The van der Waals surface area contributed by atoms with E-state index < -0.39 is 30.0 Å². The molecule has 1 saturated heterocycles. The van der Waals surface area contributed by atoms with E-state index in [4.69, 9.17) is 10.2 Å². The molecule has 2 heterocycles. The molecule has 2 rings (SSSR count). The predicted molar refractivity (Wildman–Crippen MR) is 74.0 cm³/mol. The van der Waals surface area contributed by atoms with Gasteiger partial charge >= 0.3 is 6.18 Å². The molecule has 0 saturated carbocycles. The minimum Gasteiger partial charge on any atom is -0.467 e. The van der Waals surface area contributed by atoms with Crippen LogP contribution < -0.4 is 11.1 Å². The highest BCUT2D eigenvalue weighted by Gasteiger charge is 2.44. The Balaban J connectivity index is 1.94. The number of carbonyl (C=O) groups is 2. The number of halogens is 3. The number of hydrogen-bond donors (Lipinski definition) is 2. The second-order valence-corrected chi connectivity index (χ2v) is 5.52. The molecular weight excluding hydrogens is 315 g/mol. The normalized spacial score (nSPS) is 18.6. The van der Waals surface area contributed by atoms with Crippen molar-refractivity contribution in [3.63, 3.8) is 0 Å². The fourth-order valence-electron chi connectivity index (χ4n) is 2.60. The summed E-state index contributed by atoms with van der Waals surface area (Å²) in [6.45, 7) is 0.975. The fourth-order valence-corrected chi connectivity index (χ4v) is 2.60. The molecule has 1 aromatic rings. The summed E-state index contributed by atoms with van der Waals surface area (Å²) in [4.78, 5) is 24.7. The number of hydrogen-bond acceptors (Lipinski definition) is 4. The van der Waals surface area contributed by atoms with Crippen LogP contribution in [0.3, 0.4) is 0 Å². The summed E-state index contributed by atoms with van der Waals surface area (Å²) in [5.74, 6) is -2.01. The molecule has 2 amide bonds. The van der Waals surface area contributed by atoms with E-state index in [1.807, 2.05) is 5.32 Å². The van der Waals surface area contributed by atoms with Crippen molar-refractivity contribution >= 4 is 11.8 Å². The average molecular weight is 333 g/mol. The summed E-state index contributed by atoms with van der Waals surface area (Å²) in [5, 5.41) is 2.02. The van der Waals surface area contributed by atoms with Gasteiger partial charge in [0.15, 0.2) is 6.04 Å². The van der Waals surface area contributed by atoms with Gasteiger partial charge in [0.1, 0.15) is 5.76 Å². The first-order valence-corrected chi connectivity index (χ1v) is 7.18. The molecule has 1 aromatic heterocycles. The Bertz CT molecular complexity index is 537. The molecule has 0 aliphatic carbocycles. The molecule has 0 radical (unpaired) electrons. The SMILES string of the molecule is NC(=O)CN1CCC(C(=O)N[C@@H](c2ccco2)C(F)(F)F)CC1. The van der Waals surface area contributed by atoms with Crippen molar-refractivity contribution in [3.8, 4) is 0 Å². The van der Waals surface area contributed by atoms with E-state index in [1.165, 1.54) is 12.1 Å². The standard InChI is InChI=1S/C14H18F3N3O3/c15-14(16,17)12(10-2-1-7-23-10)19-13(22)9-3-5-20(6-4-9)8-11(18)21/h1-2,7,9,12H,3-6,8H2,(H2,18,21)(H,19,22)/t12-/m0/s1. The number of nitrogens with zero attached hydrogens (tertiary/aromatic N) is 1. The van der Waals surface area contributed by atoms with Gasteiger partial charge in [-0.25, -0.2) is 0 Å². The van der Waals surface area contributed by atoms with Crippen molar-refractivity contribution in [1.82, 2.24) is 10.2 Å². The zero-order chi connectivity index (χ0) is 17.0. The lowest BCUT2D eigenvalue weighted by atomic mass is 9.95. The van der Waals surface area contributed by atoms with E-state index in [1.54, 1.807) is 4.90 Å². The van der Waals surface area contributed by atoms with Gasteiger partial charge in [-0.05, 0) is 38.1 Å². The molecule has 1 atom stereocenters. The summed E-state index contributed by atoms with van der Waals surface area (Å²) in [5.41, 5.74) is 5.09. The minimum absolute atomic E-state index is 0.0892. The first kappa shape index (κ1) is 17.3. The number of rotatable bonds is 5. The summed E-state index contributed by atoms with van der Waals surface area (Å²) < 4.78 is 44.0. The molecule has 3 N–H and O–H groups in total. The van der Waals surface area contributed by atoms with Gasteiger partial charge in [-0.1, -0.05) is 0 Å². The summed E-state index contributed by atoms with van der Waals surface area (Å²) in [6, 6.07) is 0.352. The van der Waals surface area contributed by atoms with Gasteiger partial charge in [-0.15, -0.1) is 0 Å². The summed E-state index contributed by atoms with van der Waals surface area (Å²) in [6.07, 6.45) is -2.76. The van der Waals surface area contributed by atoms with E-state index in [2.05, 4.69) is 0 Å². The van der Waals surface area contributed by atoms with Crippen molar-refractivity contribution in [2.45, 2.75) is 25.1 Å². The Labute approximate surface area is 130 Å². The Hall–Kier alpha value is -2.03. The van der Waals surface area contributed by atoms with Crippen LogP contribution in [-0.4, -0.2) is 42.5 Å². The monoisotopic (exact) mass is 333 g/mol. The molecule has 1 aliphatic rings. The van der Waals surface area contributed by atoms with Crippen LogP contribution in [0.4, 0.5) is 13.2 Å². The highest BCUT2D eigenvalue weighted by atomic mass is 19.4. The van der Waals surface area contributed by atoms with E-state index in [-0.39, 0.29) is 12.3 Å². The quantitative estimate of drug-likeness (QED) is 0.847. The van der Waals surface area contributed by atoms with Gasteiger partial charge in [0.2, 0.25) is 11.8 Å². The third kappa shape index (κ3) is 4.72. The van der Waals surface area contributed by atoms with Crippen LogP contribution in [0, 0.1) is 5.92 Å². The molecule has 1 fully saturated rings. The molecule has 0 spiro atoms. The van der Waals surface area contributed by atoms with Crippen molar-refractivity contribution < 1.29 is 27.2 Å². The molecule has 1 aliphatic heterocycles. The van der Waals surface area contributed by atoms with Crippen LogP contribution in [0.25, 0.3) is 0 Å². The maximum atomic E-state index is 13.1. The van der Waals surface area contributed by atoms with Gasteiger partial charge in [0, 0.05) is 5.92 Å². The number of nitrogens with two attached hydrogens (primary N) is 1. The predicted octanol–water partition coefficient (Wildman–Crippen LogP) is 1.20. The second kappa shape index (κ2) is 7.03.